The molecule has 2 aromatic carbocycles. The molecule has 0 aliphatic carbocycles. The number of ketones is 1. The van der Waals surface area contributed by atoms with Gasteiger partial charge in [-0.05, 0) is 47.4 Å². The number of Topliss-reactive ketones (excluding diaryl/α,β-unsaturated/α-hetero) is 1. The first-order valence-electron chi connectivity index (χ1n) is 10.4. The van der Waals surface area contributed by atoms with E-state index in [1.165, 1.54) is 24.4 Å². The van der Waals surface area contributed by atoms with Gasteiger partial charge in [0.1, 0.15) is 17.3 Å². The van der Waals surface area contributed by atoms with E-state index in [1.807, 2.05) is 0 Å². The topological polar surface area (TPSA) is 65.2 Å². The lowest BCUT2D eigenvalue weighted by Gasteiger charge is -2.40. The van der Waals surface area contributed by atoms with Crippen LogP contribution in [0.1, 0.15) is 28.4 Å². The number of aryl methyl sites for hydroxylation is 1. The Morgan fingerprint density at radius 2 is 1.76 bits per heavy atom. The van der Waals surface area contributed by atoms with E-state index in [9.17, 15) is 22.4 Å². The van der Waals surface area contributed by atoms with E-state index in [2.05, 4.69) is 4.98 Å². The second-order valence-corrected chi connectivity index (χ2v) is 8.31. The molecule has 0 bridgehead atoms. The molecule has 1 aromatic heterocycles. The molecule has 2 N–H and O–H groups in total. The Morgan fingerprint density at radius 1 is 1.12 bits per heavy atom. The highest BCUT2D eigenvalue weighted by Gasteiger charge is 2.46. The van der Waals surface area contributed by atoms with Crippen LogP contribution in [0.3, 0.4) is 0 Å². The van der Waals surface area contributed by atoms with Crippen LogP contribution >= 0.6 is 0 Å². The molecule has 0 radical (unpaired) electrons. The number of carbonyl (C=O) groups is 1. The minimum Gasteiger partial charge on any atom is -0.378 e. The SMILES string of the molecule is Cc1cc([C@@H](N)C(F)(F)F)c(-c2ccc(C3(C(=O)Cc4ccc(F)cc4)COC3)cc2)cn1. The van der Waals surface area contributed by atoms with E-state index in [0.717, 1.165) is 0 Å². The molecule has 3 aromatic rings. The van der Waals surface area contributed by atoms with Crippen LogP contribution in [-0.2, 0) is 21.4 Å². The molecule has 172 valence electrons. The predicted molar refractivity (Wildman–Crippen MR) is 115 cm³/mol. The lowest BCUT2D eigenvalue weighted by molar-refractivity contribution is -0.149. The van der Waals surface area contributed by atoms with Gasteiger partial charge in [-0.15, -0.1) is 0 Å². The molecular formula is C25H22F4N2O2. The summed E-state index contributed by atoms with van der Waals surface area (Å²) in [7, 11) is 0. The summed E-state index contributed by atoms with van der Waals surface area (Å²) in [6.07, 6.45) is -3.09. The number of pyridine rings is 1. The Hall–Kier alpha value is -3.10. The number of halogens is 4. The number of alkyl halides is 3. The minimum atomic E-state index is -4.59. The summed E-state index contributed by atoms with van der Waals surface area (Å²) < 4.78 is 58.4. The maximum absolute atomic E-state index is 13.3. The van der Waals surface area contributed by atoms with E-state index in [1.54, 1.807) is 43.3 Å². The summed E-state index contributed by atoms with van der Waals surface area (Å²) in [5.41, 5.74) is 7.24. The summed E-state index contributed by atoms with van der Waals surface area (Å²) >= 11 is 0. The maximum Gasteiger partial charge on any atom is 0.407 e. The third-order valence-electron chi connectivity index (χ3n) is 6.02. The van der Waals surface area contributed by atoms with Crippen molar-refractivity contribution < 1.29 is 27.1 Å². The number of nitrogens with two attached hydrogens (primary N) is 1. The second-order valence-electron chi connectivity index (χ2n) is 8.31. The fourth-order valence-corrected chi connectivity index (χ4v) is 3.98. The minimum absolute atomic E-state index is 0.0585. The number of carbonyl (C=O) groups excluding carboxylic acids is 1. The average Bonchev–Trinajstić information content (AvgIpc) is 2.74. The van der Waals surface area contributed by atoms with Crippen molar-refractivity contribution in [1.29, 1.82) is 0 Å². The average molecular weight is 458 g/mol. The first-order valence-corrected chi connectivity index (χ1v) is 10.4. The van der Waals surface area contributed by atoms with Gasteiger partial charge in [-0.25, -0.2) is 4.39 Å². The van der Waals surface area contributed by atoms with Crippen LogP contribution in [0.15, 0.2) is 60.8 Å². The van der Waals surface area contributed by atoms with Gasteiger partial charge in [-0.2, -0.15) is 13.2 Å². The summed E-state index contributed by atoms with van der Waals surface area (Å²) in [5, 5.41) is 0. The molecule has 8 heteroatoms. The number of hydrogen-bond acceptors (Lipinski definition) is 4. The molecule has 2 heterocycles. The standard InChI is InChI=1S/C25H22F4N2O2/c1-15-10-20(23(30)25(27,28)29)21(12-31-15)17-4-6-18(7-5-17)24(13-33-14-24)22(32)11-16-2-8-19(26)9-3-16/h2-10,12,23H,11,13-14,30H2,1H3/t23-/m1/s1. The van der Waals surface area contributed by atoms with Crippen LogP contribution in [0.2, 0.25) is 0 Å². The molecule has 33 heavy (non-hydrogen) atoms. The molecule has 1 saturated heterocycles. The molecule has 4 nitrogen and oxygen atoms in total. The van der Waals surface area contributed by atoms with Crippen molar-refractivity contribution >= 4 is 5.78 Å². The van der Waals surface area contributed by atoms with Crippen molar-refractivity contribution in [1.82, 2.24) is 4.98 Å². The van der Waals surface area contributed by atoms with Gasteiger partial charge in [0.25, 0.3) is 0 Å². The van der Waals surface area contributed by atoms with Gasteiger partial charge >= 0.3 is 6.18 Å². The van der Waals surface area contributed by atoms with Crippen molar-refractivity contribution in [3.8, 4) is 11.1 Å². The first-order chi connectivity index (χ1) is 15.6. The van der Waals surface area contributed by atoms with Crippen molar-refractivity contribution in [2.45, 2.75) is 31.0 Å². The second kappa shape index (κ2) is 8.68. The normalized spacial score (nSPS) is 16.2. The van der Waals surface area contributed by atoms with E-state index < -0.39 is 17.6 Å². The number of benzene rings is 2. The van der Waals surface area contributed by atoms with Gasteiger partial charge < -0.3 is 10.5 Å². The van der Waals surface area contributed by atoms with Crippen LogP contribution in [0.5, 0.6) is 0 Å². The van der Waals surface area contributed by atoms with Crippen LogP contribution in [0.4, 0.5) is 17.6 Å². The largest absolute Gasteiger partial charge is 0.407 e. The van der Waals surface area contributed by atoms with E-state index in [0.29, 0.717) is 22.4 Å². The summed E-state index contributed by atoms with van der Waals surface area (Å²) in [6.45, 7) is 2.03. The Kier molecular flexibility index (Phi) is 6.07. The number of ether oxygens (including phenoxy) is 1. The molecular weight excluding hydrogens is 436 g/mol. The predicted octanol–water partition coefficient (Wildman–Crippen LogP) is 4.84. The zero-order valence-corrected chi connectivity index (χ0v) is 17.8. The third-order valence-corrected chi connectivity index (χ3v) is 6.02. The molecule has 0 spiro atoms. The van der Waals surface area contributed by atoms with Crippen molar-refractivity contribution in [3.05, 3.63) is 89.0 Å². The van der Waals surface area contributed by atoms with Gasteiger partial charge in [-0.1, -0.05) is 36.4 Å². The Morgan fingerprint density at radius 3 is 2.30 bits per heavy atom. The van der Waals surface area contributed by atoms with Gasteiger partial charge in [0.05, 0.1) is 13.2 Å². The molecule has 1 aliphatic heterocycles. The molecule has 1 atom stereocenters. The molecule has 4 rings (SSSR count). The fourth-order valence-electron chi connectivity index (χ4n) is 3.98. The van der Waals surface area contributed by atoms with Crippen molar-refractivity contribution in [2.75, 3.05) is 13.2 Å². The zero-order chi connectivity index (χ0) is 23.8. The quantitative estimate of drug-likeness (QED) is 0.537. The smallest absolute Gasteiger partial charge is 0.378 e. The van der Waals surface area contributed by atoms with Crippen LogP contribution in [-0.4, -0.2) is 30.2 Å². The van der Waals surface area contributed by atoms with Gasteiger partial charge in [0, 0.05) is 23.9 Å². The molecule has 1 fully saturated rings. The Balaban J connectivity index is 1.63. The Labute approximate surface area is 188 Å². The Bertz CT molecular complexity index is 1150. The summed E-state index contributed by atoms with van der Waals surface area (Å²) in [5.74, 6) is -0.441. The molecule has 0 saturated carbocycles. The lowest BCUT2D eigenvalue weighted by Crippen LogP contribution is -2.53. The summed E-state index contributed by atoms with van der Waals surface area (Å²) in [6, 6.07) is 11.7. The highest BCUT2D eigenvalue weighted by atomic mass is 19.4. The molecule has 1 aliphatic rings. The van der Waals surface area contributed by atoms with Gasteiger partial charge in [0.2, 0.25) is 0 Å². The van der Waals surface area contributed by atoms with Crippen LogP contribution in [0.25, 0.3) is 11.1 Å². The van der Waals surface area contributed by atoms with E-state index in [-0.39, 0.29) is 42.4 Å². The van der Waals surface area contributed by atoms with E-state index >= 15 is 0 Å². The van der Waals surface area contributed by atoms with Crippen molar-refractivity contribution in [3.63, 3.8) is 0 Å². The van der Waals surface area contributed by atoms with Crippen LogP contribution < -0.4 is 5.73 Å². The number of rotatable bonds is 6. The number of hydrogen-bond donors (Lipinski definition) is 1. The third kappa shape index (κ3) is 4.54. The lowest BCUT2D eigenvalue weighted by atomic mass is 9.73. The van der Waals surface area contributed by atoms with E-state index in [4.69, 9.17) is 10.5 Å². The molecule has 0 amide bonds. The van der Waals surface area contributed by atoms with Gasteiger partial charge in [-0.3, -0.25) is 9.78 Å². The van der Waals surface area contributed by atoms with Crippen LogP contribution in [0, 0.1) is 12.7 Å². The highest BCUT2D eigenvalue weighted by molar-refractivity contribution is 5.93. The summed E-state index contributed by atoms with van der Waals surface area (Å²) in [4.78, 5) is 17.3. The maximum atomic E-state index is 13.3. The fraction of sp³-hybridized carbons (Fsp3) is 0.280. The van der Waals surface area contributed by atoms with Crippen molar-refractivity contribution in [2.24, 2.45) is 5.73 Å². The zero-order valence-electron chi connectivity index (χ0n) is 17.8. The first kappa shape index (κ1) is 23.1. The monoisotopic (exact) mass is 458 g/mol. The number of aromatic nitrogens is 1. The number of nitrogens with zero attached hydrogens (tertiary/aromatic N) is 1. The molecule has 0 unspecified atom stereocenters. The van der Waals surface area contributed by atoms with Gasteiger partial charge in [0.15, 0.2) is 5.78 Å². The highest BCUT2D eigenvalue weighted by Crippen LogP contribution is 2.39.